The molecule has 0 fully saturated rings. The van der Waals surface area contributed by atoms with Crippen molar-refractivity contribution in [3.63, 3.8) is 0 Å². The number of carbonyl (C=O) groups is 1. The number of aromatic nitrogens is 1. The third-order valence-electron chi connectivity index (χ3n) is 2.87. The minimum absolute atomic E-state index is 0.198. The van der Waals surface area contributed by atoms with Crippen molar-refractivity contribution in [3.05, 3.63) is 59.4 Å². The molecule has 2 rings (SSSR count). The molecular weight excluding hydrogens is 256 g/mol. The molecule has 104 valence electrons. The van der Waals surface area contributed by atoms with Gasteiger partial charge in [0.2, 0.25) is 0 Å². The van der Waals surface area contributed by atoms with Gasteiger partial charge in [0.15, 0.2) is 0 Å². The molecule has 1 aromatic heterocycles. The first-order valence-corrected chi connectivity index (χ1v) is 6.21. The molecule has 0 radical (unpaired) electrons. The lowest BCUT2D eigenvalue weighted by atomic mass is 10.2. The molecule has 2 N–H and O–H groups in total. The van der Waals surface area contributed by atoms with Crippen LogP contribution in [0.2, 0.25) is 0 Å². The zero-order valence-corrected chi connectivity index (χ0v) is 11.2. The van der Waals surface area contributed by atoms with Crippen molar-refractivity contribution in [1.29, 1.82) is 0 Å². The Hall–Kier alpha value is -2.40. The number of rotatable bonds is 6. The van der Waals surface area contributed by atoms with Gasteiger partial charge >= 0.3 is 5.97 Å². The number of carboxylic acids is 1. The molecule has 0 atom stereocenters. The maximum Gasteiger partial charge on any atom is 0.337 e. The fraction of sp³-hybridized carbons (Fsp3) is 0.200. The maximum atomic E-state index is 10.7. The van der Waals surface area contributed by atoms with Crippen LogP contribution in [0.25, 0.3) is 0 Å². The third-order valence-corrected chi connectivity index (χ3v) is 2.87. The van der Waals surface area contributed by atoms with E-state index in [2.05, 4.69) is 10.3 Å². The Morgan fingerprint density at radius 3 is 2.50 bits per heavy atom. The second-order valence-electron chi connectivity index (χ2n) is 4.29. The summed E-state index contributed by atoms with van der Waals surface area (Å²) in [5.41, 5.74) is 2.15. The van der Waals surface area contributed by atoms with Crippen LogP contribution in [0.4, 0.5) is 0 Å². The van der Waals surface area contributed by atoms with E-state index in [1.165, 1.54) is 6.20 Å². The van der Waals surface area contributed by atoms with Crippen molar-refractivity contribution in [2.24, 2.45) is 0 Å². The number of pyridine rings is 1. The first-order valence-electron chi connectivity index (χ1n) is 6.21. The molecule has 0 aliphatic heterocycles. The highest BCUT2D eigenvalue weighted by atomic mass is 16.5. The molecular formula is C15H16N2O3. The number of nitrogens with one attached hydrogen (secondary N) is 1. The van der Waals surface area contributed by atoms with Crippen LogP contribution in [-0.2, 0) is 13.1 Å². The van der Waals surface area contributed by atoms with Crippen LogP contribution >= 0.6 is 0 Å². The number of hydrogen-bond acceptors (Lipinski definition) is 4. The molecule has 0 saturated carbocycles. The molecule has 0 unspecified atom stereocenters. The first-order chi connectivity index (χ1) is 9.69. The summed E-state index contributed by atoms with van der Waals surface area (Å²) in [6, 6.07) is 11.1. The monoisotopic (exact) mass is 272 g/mol. The summed E-state index contributed by atoms with van der Waals surface area (Å²) in [5, 5.41) is 12.0. The highest BCUT2D eigenvalue weighted by Crippen LogP contribution is 2.11. The molecule has 5 nitrogen and oxygen atoms in total. The van der Waals surface area contributed by atoms with Crippen molar-refractivity contribution < 1.29 is 14.6 Å². The normalized spacial score (nSPS) is 10.2. The second-order valence-corrected chi connectivity index (χ2v) is 4.29. The Bertz CT molecular complexity index is 565. The maximum absolute atomic E-state index is 10.7. The van der Waals surface area contributed by atoms with Gasteiger partial charge < -0.3 is 15.2 Å². The predicted octanol–water partition coefficient (Wildman–Crippen LogP) is 2.08. The van der Waals surface area contributed by atoms with Crippen molar-refractivity contribution >= 4 is 5.97 Å². The summed E-state index contributed by atoms with van der Waals surface area (Å²) in [7, 11) is 1.64. The van der Waals surface area contributed by atoms with E-state index in [0.29, 0.717) is 13.1 Å². The molecule has 0 spiro atoms. The number of methoxy groups -OCH3 is 1. The Morgan fingerprint density at radius 2 is 1.95 bits per heavy atom. The van der Waals surface area contributed by atoms with Gasteiger partial charge in [-0.25, -0.2) is 4.79 Å². The summed E-state index contributed by atoms with van der Waals surface area (Å²) >= 11 is 0. The number of carboxylic acid groups (broad SMARTS) is 1. The van der Waals surface area contributed by atoms with Gasteiger partial charge in [-0.2, -0.15) is 0 Å². The topological polar surface area (TPSA) is 71.5 Å². The highest BCUT2D eigenvalue weighted by molar-refractivity contribution is 5.87. The van der Waals surface area contributed by atoms with E-state index in [9.17, 15) is 4.79 Å². The molecule has 5 heteroatoms. The van der Waals surface area contributed by atoms with Crippen LogP contribution in [0.3, 0.4) is 0 Å². The van der Waals surface area contributed by atoms with E-state index in [1.54, 1.807) is 19.2 Å². The van der Waals surface area contributed by atoms with Gasteiger partial charge in [0.25, 0.3) is 0 Å². The molecule has 2 aromatic rings. The fourth-order valence-electron chi connectivity index (χ4n) is 1.73. The summed E-state index contributed by atoms with van der Waals surface area (Å²) in [6.07, 6.45) is 1.37. The summed E-state index contributed by atoms with van der Waals surface area (Å²) in [5.74, 6) is -0.130. The highest BCUT2D eigenvalue weighted by Gasteiger charge is 2.02. The van der Waals surface area contributed by atoms with Crippen LogP contribution in [0, 0.1) is 0 Å². The number of aromatic carboxylic acids is 1. The minimum atomic E-state index is -0.963. The zero-order valence-electron chi connectivity index (χ0n) is 11.2. The Labute approximate surface area is 117 Å². The Balaban J connectivity index is 1.84. The van der Waals surface area contributed by atoms with Gasteiger partial charge in [0.05, 0.1) is 18.4 Å². The lowest BCUT2D eigenvalue weighted by molar-refractivity contribution is 0.0696. The number of ether oxygens (including phenoxy) is 1. The first kappa shape index (κ1) is 14.0. The Kier molecular flexibility index (Phi) is 4.68. The molecule has 0 aliphatic rings. The molecule has 20 heavy (non-hydrogen) atoms. The second kappa shape index (κ2) is 6.68. The molecule has 0 bridgehead atoms. The van der Waals surface area contributed by atoms with Crippen LogP contribution in [0.15, 0.2) is 42.6 Å². The van der Waals surface area contributed by atoms with Crippen molar-refractivity contribution in [1.82, 2.24) is 10.3 Å². The Morgan fingerprint density at radius 1 is 1.20 bits per heavy atom. The van der Waals surface area contributed by atoms with Gasteiger partial charge in [-0.1, -0.05) is 12.1 Å². The van der Waals surface area contributed by atoms with E-state index < -0.39 is 5.97 Å². The summed E-state index contributed by atoms with van der Waals surface area (Å²) < 4.78 is 5.10. The average molecular weight is 272 g/mol. The smallest absolute Gasteiger partial charge is 0.337 e. The van der Waals surface area contributed by atoms with E-state index >= 15 is 0 Å². The van der Waals surface area contributed by atoms with Crippen molar-refractivity contribution in [3.8, 4) is 5.75 Å². The average Bonchev–Trinajstić information content (AvgIpc) is 2.48. The SMILES string of the molecule is COc1ccc(CNCc2ccc(C(=O)O)cn2)cc1. The number of benzene rings is 1. The van der Waals surface area contributed by atoms with Gasteiger partial charge in [-0.3, -0.25) is 4.98 Å². The summed E-state index contributed by atoms with van der Waals surface area (Å²) in [6.45, 7) is 1.30. The van der Waals surface area contributed by atoms with Crippen molar-refractivity contribution in [2.75, 3.05) is 7.11 Å². The molecule has 1 heterocycles. The van der Waals surface area contributed by atoms with Crippen LogP contribution in [-0.4, -0.2) is 23.2 Å². The third kappa shape index (κ3) is 3.80. The van der Waals surface area contributed by atoms with Crippen LogP contribution in [0.1, 0.15) is 21.6 Å². The van der Waals surface area contributed by atoms with E-state index in [1.807, 2.05) is 24.3 Å². The van der Waals surface area contributed by atoms with E-state index in [-0.39, 0.29) is 5.56 Å². The van der Waals surface area contributed by atoms with Gasteiger partial charge in [-0.05, 0) is 29.8 Å². The quantitative estimate of drug-likeness (QED) is 0.842. The number of nitrogens with zero attached hydrogens (tertiary/aromatic N) is 1. The summed E-state index contributed by atoms with van der Waals surface area (Å²) in [4.78, 5) is 14.8. The van der Waals surface area contributed by atoms with Gasteiger partial charge in [-0.15, -0.1) is 0 Å². The minimum Gasteiger partial charge on any atom is -0.497 e. The molecule has 0 aliphatic carbocycles. The predicted molar refractivity (Wildman–Crippen MR) is 74.7 cm³/mol. The van der Waals surface area contributed by atoms with E-state index in [4.69, 9.17) is 9.84 Å². The standard InChI is InChI=1S/C15H16N2O3/c1-20-14-6-2-11(3-7-14)8-16-10-13-5-4-12(9-17-13)15(18)19/h2-7,9,16H,8,10H2,1H3,(H,18,19). The zero-order chi connectivity index (χ0) is 14.4. The lowest BCUT2D eigenvalue weighted by Crippen LogP contribution is -2.13. The van der Waals surface area contributed by atoms with E-state index in [0.717, 1.165) is 17.0 Å². The molecule has 1 aromatic carbocycles. The van der Waals surface area contributed by atoms with Crippen molar-refractivity contribution in [2.45, 2.75) is 13.1 Å². The van der Waals surface area contributed by atoms with Crippen LogP contribution in [0.5, 0.6) is 5.75 Å². The van der Waals surface area contributed by atoms with Gasteiger partial charge in [0.1, 0.15) is 5.75 Å². The van der Waals surface area contributed by atoms with Crippen LogP contribution < -0.4 is 10.1 Å². The lowest BCUT2D eigenvalue weighted by Gasteiger charge is -2.06. The molecule has 0 amide bonds. The largest absolute Gasteiger partial charge is 0.497 e. The molecule has 0 saturated heterocycles. The number of hydrogen-bond donors (Lipinski definition) is 2. The fourth-order valence-corrected chi connectivity index (χ4v) is 1.73. The van der Waals surface area contributed by atoms with Gasteiger partial charge in [0, 0.05) is 19.3 Å².